The van der Waals surface area contributed by atoms with Gasteiger partial charge in [-0.2, -0.15) is 0 Å². The van der Waals surface area contributed by atoms with Crippen molar-refractivity contribution in [2.45, 2.75) is 34.1 Å². The normalized spacial score (nSPS) is 9.29. The predicted octanol–water partition coefficient (Wildman–Crippen LogP) is 6.03. The van der Waals surface area contributed by atoms with E-state index in [0.717, 1.165) is 12.0 Å². The van der Waals surface area contributed by atoms with Gasteiger partial charge in [0, 0.05) is 0 Å². The van der Waals surface area contributed by atoms with Crippen molar-refractivity contribution >= 4 is 0 Å². The fourth-order valence-corrected chi connectivity index (χ4v) is 0.802. The molecule has 0 aliphatic carbocycles. The van der Waals surface area contributed by atoms with E-state index in [9.17, 15) is 0 Å². The minimum atomic E-state index is 0.990. The van der Waals surface area contributed by atoms with Crippen molar-refractivity contribution in [2.24, 2.45) is 0 Å². The van der Waals surface area contributed by atoms with E-state index in [4.69, 9.17) is 0 Å². The third-order valence-corrected chi connectivity index (χ3v) is 1.65. The van der Waals surface area contributed by atoms with Gasteiger partial charge in [0.2, 0.25) is 0 Å². The van der Waals surface area contributed by atoms with E-state index < -0.39 is 0 Å². The summed E-state index contributed by atoms with van der Waals surface area (Å²) < 4.78 is 0. The van der Waals surface area contributed by atoms with Crippen LogP contribution in [0.4, 0.5) is 0 Å². The Morgan fingerprint density at radius 3 is 1.71 bits per heavy atom. The van der Waals surface area contributed by atoms with Gasteiger partial charge in [0.15, 0.2) is 0 Å². The zero-order valence-electron chi connectivity index (χ0n) is 12.0. The number of hydrogen-bond acceptors (Lipinski definition) is 0. The first-order chi connectivity index (χ1) is 8.17. The first-order valence-electron chi connectivity index (χ1n) is 6.04. The van der Waals surface area contributed by atoms with Crippen LogP contribution in [-0.2, 0) is 0 Å². The molecular weight excluding hydrogens is 204 g/mol. The Hall–Kier alpha value is -1.56. The lowest BCUT2D eigenvalue weighted by Gasteiger charge is -2.01. The molecule has 0 atom stereocenters. The lowest BCUT2D eigenvalue weighted by molar-refractivity contribution is 1.13. The first kappa shape index (κ1) is 20.8. The molecule has 0 heteroatoms. The molecule has 17 heavy (non-hydrogen) atoms. The molecule has 0 bridgehead atoms. The summed E-state index contributed by atoms with van der Waals surface area (Å²) >= 11 is 0. The molecule has 0 aromatic heterocycles. The van der Waals surface area contributed by atoms with Gasteiger partial charge >= 0.3 is 0 Å². The van der Waals surface area contributed by atoms with Gasteiger partial charge in [-0.3, -0.25) is 0 Å². The van der Waals surface area contributed by atoms with E-state index in [1.807, 2.05) is 39.0 Å². The molecule has 0 nitrogen and oxygen atoms in total. The summed E-state index contributed by atoms with van der Waals surface area (Å²) in [6.07, 6.45) is 12.1. The van der Waals surface area contributed by atoms with Crippen LogP contribution in [-0.4, -0.2) is 0 Å². The van der Waals surface area contributed by atoms with Crippen LogP contribution in [0.5, 0.6) is 0 Å². The average molecular weight is 232 g/mol. The summed E-state index contributed by atoms with van der Waals surface area (Å²) in [6.45, 7) is 22.4. The van der Waals surface area contributed by atoms with Gasteiger partial charge in [0.25, 0.3) is 0 Å². The van der Waals surface area contributed by atoms with Crippen LogP contribution >= 0.6 is 0 Å². The fourth-order valence-electron chi connectivity index (χ4n) is 0.802. The molecule has 0 heterocycles. The van der Waals surface area contributed by atoms with E-state index in [-0.39, 0.29) is 0 Å². The quantitative estimate of drug-likeness (QED) is 0.508. The lowest BCUT2D eigenvalue weighted by Crippen LogP contribution is -1.81. The highest BCUT2D eigenvalue weighted by atomic mass is 14.0. The fraction of sp³-hybridized carbons (Fsp3) is 0.294. The van der Waals surface area contributed by atoms with Crippen LogP contribution in [0.15, 0.2) is 73.9 Å². The number of rotatable bonds is 5. The van der Waals surface area contributed by atoms with Gasteiger partial charge in [-0.05, 0) is 24.5 Å². The van der Waals surface area contributed by atoms with Crippen LogP contribution in [0.1, 0.15) is 34.1 Å². The summed E-state index contributed by atoms with van der Waals surface area (Å²) in [5.74, 6) is 0. The predicted molar refractivity (Wildman–Crippen MR) is 84.3 cm³/mol. The van der Waals surface area contributed by atoms with Crippen LogP contribution in [0.2, 0.25) is 0 Å². The molecule has 0 unspecified atom stereocenters. The molecule has 0 saturated heterocycles. The van der Waals surface area contributed by atoms with Crippen molar-refractivity contribution in [1.29, 1.82) is 0 Å². The van der Waals surface area contributed by atoms with Gasteiger partial charge < -0.3 is 0 Å². The maximum atomic E-state index is 3.94. The van der Waals surface area contributed by atoms with E-state index in [0.29, 0.717) is 0 Å². The average Bonchev–Trinajstić information content (AvgIpc) is 2.40. The molecule has 0 fully saturated rings. The third kappa shape index (κ3) is 17.1. The molecule has 0 aromatic carbocycles. The van der Waals surface area contributed by atoms with Crippen LogP contribution in [0, 0.1) is 0 Å². The van der Waals surface area contributed by atoms with Crippen molar-refractivity contribution in [2.75, 3.05) is 0 Å². The molecule has 0 spiro atoms. The Morgan fingerprint density at radius 2 is 1.47 bits per heavy atom. The summed E-state index contributed by atoms with van der Waals surface area (Å²) in [4.78, 5) is 0. The summed E-state index contributed by atoms with van der Waals surface area (Å²) in [5.41, 5.74) is 2.33. The highest BCUT2D eigenvalue weighted by Crippen LogP contribution is 2.12. The Kier molecular flexibility index (Phi) is 24.4. The topological polar surface area (TPSA) is 0 Å². The third-order valence-electron chi connectivity index (χ3n) is 1.65. The molecule has 0 aromatic rings. The number of allylic oxidation sites excluding steroid dienone is 8. The van der Waals surface area contributed by atoms with E-state index >= 15 is 0 Å². The molecule has 0 aliphatic rings. The standard InChI is InChI=1S/C11H16.C4H6.C2H6/c1-5-8-11(9-6-2)10(4)7-3;1-3-4-2;1-2/h5-6,8-9H,1,4,7H2,2-3H3;3-4H,1-2H2;1-2H3/b9-6-,11-8+;;. The van der Waals surface area contributed by atoms with Crippen LogP contribution in [0.3, 0.4) is 0 Å². The maximum absolute atomic E-state index is 3.94. The summed E-state index contributed by atoms with van der Waals surface area (Å²) in [5, 5.41) is 0. The Balaban J connectivity index is -0.000000275. The van der Waals surface area contributed by atoms with E-state index in [2.05, 4.69) is 33.2 Å². The molecule has 96 valence electrons. The van der Waals surface area contributed by atoms with Crippen molar-refractivity contribution in [3.8, 4) is 0 Å². The van der Waals surface area contributed by atoms with Gasteiger partial charge in [-0.15, -0.1) is 0 Å². The Morgan fingerprint density at radius 1 is 1.00 bits per heavy atom. The summed E-state index contributed by atoms with van der Waals surface area (Å²) in [6, 6.07) is 0. The van der Waals surface area contributed by atoms with Crippen molar-refractivity contribution in [1.82, 2.24) is 0 Å². The van der Waals surface area contributed by atoms with Crippen molar-refractivity contribution in [3.05, 3.63) is 73.9 Å². The summed E-state index contributed by atoms with van der Waals surface area (Å²) in [7, 11) is 0. The minimum absolute atomic E-state index is 0.990. The molecule has 0 saturated carbocycles. The van der Waals surface area contributed by atoms with Gasteiger partial charge in [0.1, 0.15) is 0 Å². The highest BCUT2D eigenvalue weighted by molar-refractivity contribution is 5.39. The zero-order valence-corrected chi connectivity index (χ0v) is 12.0. The molecule has 0 radical (unpaired) electrons. The maximum Gasteiger partial charge on any atom is -0.0234 e. The molecule has 0 aliphatic heterocycles. The molecule has 0 rings (SSSR count). The minimum Gasteiger partial charge on any atom is -0.0991 e. The largest absolute Gasteiger partial charge is 0.0991 e. The van der Waals surface area contributed by atoms with Gasteiger partial charge in [0.05, 0.1) is 0 Å². The van der Waals surface area contributed by atoms with Crippen LogP contribution < -0.4 is 0 Å². The molecule has 0 amide bonds. The van der Waals surface area contributed by atoms with Crippen LogP contribution in [0.25, 0.3) is 0 Å². The highest BCUT2D eigenvalue weighted by Gasteiger charge is 1.92. The SMILES string of the molecule is C=C/C=C(\C=C/C)C(=C)CC.C=CC=C.CC. The van der Waals surface area contributed by atoms with Crippen molar-refractivity contribution in [3.63, 3.8) is 0 Å². The molecular formula is C17H28. The van der Waals surface area contributed by atoms with Gasteiger partial charge in [-0.25, -0.2) is 0 Å². The number of hydrogen-bond donors (Lipinski definition) is 0. The van der Waals surface area contributed by atoms with E-state index in [1.165, 1.54) is 5.57 Å². The van der Waals surface area contributed by atoms with E-state index in [1.54, 1.807) is 18.2 Å². The monoisotopic (exact) mass is 232 g/mol. The first-order valence-corrected chi connectivity index (χ1v) is 6.04. The smallest absolute Gasteiger partial charge is 0.0234 e. The second-order valence-electron chi connectivity index (χ2n) is 2.79. The second-order valence-corrected chi connectivity index (χ2v) is 2.79. The lowest BCUT2D eigenvalue weighted by atomic mass is 10.0. The molecule has 0 N–H and O–H groups in total. The Bertz CT molecular complexity index is 256. The second kappa shape index (κ2) is 19.9. The van der Waals surface area contributed by atoms with Crippen molar-refractivity contribution < 1.29 is 0 Å². The zero-order chi connectivity index (χ0) is 14.1. The van der Waals surface area contributed by atoms with Gasteiger partial charge in [-0.1, -0.05) is 83.5 Å². The Labute approximate surface area is 108 Å².